The number of thiazole rings is 1. The lowest BCUT2D eigenvalue weighted by molar-refractivity contribution is 0.595. The van der Waals surface area contributed by atoms with Crippen LogP contribution in [0.4, 0.5) is 5.69 Å². The number of hydrogen-bond donors (Lipinski definition) is 1. The zero-order chi connectivity index (χ0) is 13.7. The SMILES string of the molecule is CCCS(=O)(=O)c1ccccc1NCc1cscn1. The lowest BCUT2D eigenvalue weighted by Gasteiger charge is -2.11. The van der Waals surface area contributed by atoms with Gasteiger partial charge in [-0.3, -0.25) is 0 Å². The normalized spacial score (nSPS) is 11.4. The van der Waals surface area contributed by atoms with E-state index in [1.54, 1.807) is 23.7 Å². The van der Waals surface area contributed by atoms with E-state index in [9.17, 15) is 8.42 Å². The molecule has 0 bridgehead atoms. The molecule has 0 saturated carbocycles. The summed E-state index contributed by atoms with van der Waals surface area (Å²) in [5.74, 6) is 0.169. The molecule has 0 spiro atoms. The van der Waals surface area contributed by atoms with Crippen molar-refractivity contribution in [3.63, 3.8) is 0 Å². The van der Waals surface area contributed by atoms with Gasteiger partial charge in [-0.15, -0.1) is 11.3 Å². The Morgan fingerprint density at radius 1 is 1.32 bits per heavy atom. The summed E-state index contributed by atoms with van der Waals surface area (Å²) in [7, 11) is -3.21. The first-order valence-corrected chi connectivity index (χ1v) is 8.65. The van der Waals surface area contributed by atoms with E-state index in [-0.39, 0.29) is 5.75 Å². The number of rotatable bonds is 6. The van der Waals surface area contributed by atoms with Gasteiger partial charge in [0.05, 0.1) is 34.1 Å². The van der Waals surface area contributed by atoms with Gasteiger partial charge in [-0.2, -0.15) is 0 Å². The summed E-state index contributed by atoms with van der Waals surface area (Å²) in [4.78, 5) is 4.53. The Morgan fingerprint density at radius 3 is 2.79 bits per heavy atom. The predicted molar refractivity (Wildman–Crippen MR) is 78.2 cm³/mol. The van der Waals surface area contributed by atoms with Crippen molar-refractivity contribution in [3.8, 4) is 0 Å². The molecule has 0 aliphatic heterocycles. The number of anilines is 1. The van der Waals surface area contributed by atoms with Crippen molar-refractivity contribution in [2.24, 2.45) is 0 Å². The molecule has 2 aromatic rings. The Balaban J connectivity index is 2.21. The average Bonchev–Trinajstić information content (AvgIpc) is 2.90. The summed E-state index contributed by atoms with van der Waals surface area (Å²) < 4.78 is 24.3. The number of para-hydroxylation sites is 1. The molecule has 0 fully saturated rings. The van der Waals surface area contributed by atoms with E-state index in [4.69, 9.17) is 0 Å². The Labute approximate surface area is 117 Å². The second-order valence-corrected chi connectivity index (χ2v) is 6.94. The molecule has 0 unspecified atom stereocenters. The number of sulfone groups is 1. The third kappa shape index (κ3) is 3.54. The molecule has 0 aliphatic rings. The van der Waals surface area contributed by atoms with Gasteiger partial charge in [-0.1, -0.05) is 19.1 Å². The summed E-state index contributed by atoms with van der Waals surface area (Å²) in [5.41, 5.74) is 3.31. The van der Waals surface area contributed by atoms with E-state index in [1.807, 2.05) is 18.4 Å². The third-order valence-electron chi connectivity index (χ3n) is 2.64. The highest BCUT2D eigenvalue weighted by Crippen LogP contribution is 2.23. The van der Waals surface area contributed by atoms with Crippen molar-refractivity contribution in [2.45, 2.75) is 24.8 Å². The van der Waals surface area contributed by atoms with Crippen LogP contribution in [0, 0.1) is 0 Å². The van der Waals surface area contributed by atoms with Gasteiger partial charge < -0.3 is 5.32 Å². The van der Waals surface area contributed by atoms with Crippen molar-refractivity contribution < 1.29 is 8.42 Å². The lowest BCUT2D eigenvalue weighted by atomic mass is 10.3. The molecule has 4 nitrogen and oxygen atoms in total. The molecule has 0 amide bonds. The Morgan fingerprint density at radius 2 is 2.11 bits per heavy atom. The fourth-order valence-corrected chi connectivity index (χ4v) is 3.85. The topological polar surface area (TPSA) is 59.1 Å². The van der Waals surface area contributed by atoms with Crippen LogP contribution in [0.15, 0.2) is 40.1 Å². The van der Waals surface area contributed by atoms with Gasteiger partial charge in [-0.05, 0) is 18.6 Å². The molecule has 1 heterocycles. The minimum atomic E-state index is -3.21. The molecule has 0 radical (unpaired) electrons. The number of benzene rings is 1. The maximum Gasteiger partial charge on any atom is 0.180 e. The highest BCUT2D eigenvalue weighted by Gasteiger charge is 2.17. The Bertz CT molecular complexity index is 622. The van der Waals surface area contributed by atoms with Gasteiger partial charge in [-0.25, -0.2) is 13.4 Å². The molecule has 1 aromatic heterocycles. The van der Waals surface area contributed by atoms with Crippen LogP contribution in [0.3, 0.4) is 0 Å². The molecular formula is C13H16N2O2S2. The van der Waals surface area contributed by atoms with Crippen LogP contribution >= 0.6 is 11.3 Å². The molecule has 1 N–H and O–H groups in total. The van der Waals surface area contributed by atoms with E-state index >= 15 is 0 Å². The van der Waals surface area contributed by atoms with E-state index in [2.05, 4.69) is 10.3 Å². The van der Waals surface area contributed by atoms with Gasteiger partial charge in [0, 0.05) is 5.38 Å². The molecular weight excluding hydrogens is 280 g/mol. The number of aromatic nitrogens is 1. The molecule has 2 rings (SSSR count). The number of nitrogens with one attached hydrogen (secondary N) is 1. The highest BCUT2D eigenvalue weighted by molar-refractivity contribution is 7.91. The van der Waals surface area contributed by atoms with Crippen molar-refractivity contribution in [3.05, 3.63) is 40.8 Å². The standard InChI is InChI=1S/C13H16N2O2S2/c1-2-7-19(16,17)13-6-4-3-5-12(13)14-8-11-9-18-10-15-11/h3-6,9-10,14H,2,7-8H2,1H3. The summed E-state index contributed by atoms with van der Waals surface area (Å²) in [6, 6.07) is 7.01. The van der Waals surface area contributed by atoms with Crippen LogP contribution in [0.1, 0.15) is 19.0 Å². The minimum Gasteiger partial charge on any atom is -0.378 e. The number of hydrogen-bond acceptors (Lipinski definition) is 5. The maximum absolute atomic E-state index is 12.2. The monoisotopic (exact) mass is 296 g/mol. The van der Waals surface area contributed by atoms with E-state index < -0.39 is 9.84 Å². The van der Waals surface area contributed by atoms with Gasteiger partial charge in [0.25, 0.3) is 0 Å². The molecule has 1 aromatic carbocycles. The molecule has 6 heteroatoms. The Kier molecular flexibility index (Phi) is 4.55. The minimum absolute atomic E-state index is 0.169. The Hall–Kier alpha value is -1.40. The second kappa shape index (κ2) is 6.16. The smallest absolute Gasteiger partial charge is 0.180 e. The zero-order valence-corrected chi connectivity index (χ0v) is 12.3. The van der Waals surface area contributed by atoms with E-state index in [0.717, 1.165) is 5.69 Å². The van der Waals surface area contributed by atoms with Crippen LogP contribution in [0.2, 0.25) is 0 Å². The van der Waals surface area contributed by atoms with E-state index in [0.29, 0.717) is 23.5 Å². The molecule has 0 saturated heterocycles. The predicted octanol–water partition coefficient (Wildman–Crippen LogP) is 2.94. The second-order valence-electron chi connectivity index (χ2n) is 4.15. The maximum atomic E-state index is 12.2. The fourth-order valence-electron chi connectivity index (χ4n) is 1.77. The van der Waals surface area contributed by atoms with Crippen LogP contribution in [-0.2, 0) is 16.4 Å². The van der Waals surface area contributed by atoms with Crippen LogP contribution < -0.4 is 5.32 Å². The first-order chi connectivity index (χ1) is 9.13. The quantitative estimate of drug-likeness (QED) is 0.890. The van der Waals surface area contributed by atoms with Crippen molar-refractivity contribution >= 4 is 26.9 Å². The molecule has 0 atom stereocenters. The first-order valence-electron chi connectivity index (χ1n) is 6.06. The first kappa shape index (κ1) is 14.0. The summed E-state index contributed by atoms with van der Waals surface area (Å²) >= 11 is 1.52. The molecule has 0 aliphatic carbocycles. The highest BCUT2D eigenvalue weighted by atomic mass is 32.2. The van der Waals surface area contributed by atoms with Crippen LogP contribution in [-0.4, -0.2) is 19.2 Å². The van der Waals surface area contributed by atoms with Gasteiger partial charge in [0.15, 0.2) is 9.84 Å². The van der Waals surface area contributed by atoms with Crippen LogP contribution in [0.25, 0.3) is 0 Å². The summed E-state index contributed by atoms with van der Waals surface area (Å²) in [6.45, 7) is 2.39. The summed E-state index contributed by atoms with van der Waals surface area (Å²) in [6.07, 6.45) is 0.614. The van der Waals surface area contributed by atoms with Crippen LogP contribution in [0.5, 0.6) is 0 Å². The number of nitrogens with zero attached hydrogens (tertiary/aromatic N) is 1. The molecule has 19 heavy (non-hydrogen) atoms. The van der Waals surface area contributed by atoms with Crippen molar-refractivity contribution in [2.75, 3.05) is 11.1 Å². The van der Waals surface area contributed by atoms with Gasteiger partial charge in [0.2, 0.25) is 0 Å². The lowest BCUT2D eigenvalue weighted by Crippen LogP contribution is -2.10. The average molecular weight is 296 g/mol. The largest absolute Gasteiger partial charge is 0.378 e. The zero-order valence-electron chi connectivity index (χ0n) is 10.7. The summed E-state index contributed by atoms with van der Waals surface area (Å²) in [5, 5.41) is 5.09. The van der Waals surface area contributed by atoms with Crippen molar-refractivity contribution in [1.29, 1.82) is 0 Å². The van der Waals surface area contributed by atoms with Gasteiger partial charge in [0.1, 0.15) is 0 Å². The fraction of sp³-hybridized carbons (Fsp3) is 0.308. The third-order valence-corrected chi connectivity index (χ3v) is 5.25. The van der Waals surface area contributed by atoms with Crippen molar-refractivity contribution in [1.82, 2.24) is 4.98 Å². The van der Waals surface area contributed by atoms with E-state index in [1.165, 1.54) is 11.3 Å². The molecule has 102 valence electrons. The van der Waals surface area contributed by atoms with Gasteiger partial charge >= 0.3 is 0 Å².